The topological polar surface area (TPSA) is 75.7 Å². The Morgan fingerprint density at radius 1 is 1.18 bits per heavy atom. The van der Waals surface area contributed by atoms with E-state index in [0.29, 0.717) is 31.0 Å². The molecule has 0 radical (unpaired) electrons. The Balaban J connectivity index is 1.90. The van der Waals surface area contributed by atoms with Gasteiger partial charge in [-0.25, -0.2) is 0 Å². The van der Waals surface area contributed by atoms with Gasteiger partial charge in [-0.15, -0.1) is 0 Å². The van der Waals surface area contributed by atoms with Gasteiger partial charge >= 0.3 is 0 Å². The molecule has 0 saturated carbocycles. The van der Waals surface area contributed by atoms with Crippen LogP contribution < -0.4 is 10.2 Å². The van der Waals surface area contributed by atoms with E-state index in [1.54, 1.807) is 24.3 Å². The van der Waals surface area contributed by atoms with Crippen LogP contribution in [-0.2, 0) is 14.3 Å². The number of nitrogens with zero attached hydrogens (tertiary/aromatic N) is 1. The Morgan fingerprint density at radius 2 is 1.82 bits per heavy atom. The molecule has 3 amide bonds. The Kier molecular flexibility index (Phi) is 5.66. The molecule has 22 heavy (non-hydrogen) atoms. The molecule has 1 aliphatic heterocycles. The van der Waals surface area contributed by atoms with Crippen molar-refractivity contribution in [3.05, 3.63) is 29.8 Å². The first-order valence-corrected chi connectivity index (χ1v) is 7.45. The minimum atomic E-state index is -0.196. The molecule has 0 unspecified atom stereocenters. The highest BCUT2D eigenvalue weighted by molar-refractivity contribution is 6.19. The molecular formula is C16H20N2O4. The maximum Gasteiger partial charge on any atom is 0.251 e. The number of rotatable bonds is 7. The van der Waals surface area contributed by atoms with E-state index in [1.165, 1.54) is 4.90 Å². The van der Waals surface area contributed by atoms with E-state index in [9.17, 15) is 14.4 Å². The quantitative estimate of drug-likeness (QED) is 0.612. The van der Waals surface area contributed by atoms with Gasteiger partial charge in [0.1, 0.15) is 0 Å². The lowest BCUT2D eigenvalue weighted by atomic mass is 10.2. The molecule has 1 heterocycles. The van der Waals surface area contributed by atoms with Gasteiger partial charge in [-0.05, 0) is 37.6 Å². The van der Waals surface area contributed by atoms with Crippen molar-refractivity contribution in [3.63, 3.8) is 0 Å². The molecule has 0 aromatic heterocycles. The van der Waals surface area contributed by atoms with Crippen LogP contribution in [-0.4, -0.2) is 37.5 Å². The second kappa shape index (κ2) is 7.70. The molecule has 1 saturated heterocycles. The molecule has 1 fully saturated rings. The van der Waals surface area contributed by atoms with Gasteiger partial charge in [0.05, 0.1) is 5.69 Å². The van der Waals surface area contributed by atoms with Gasteiger partial charge in [-0.1, -0.05) is 0 Å². The molecule has 0 aliphatic carbocycles. The standard InChI is InChI=1S/C16H20N2O4/c1-2-22-11-3-10-17-16(21)12-4-6-13(7-5-12)18-14(19)8-9-15(18)20/h4-7H,2-3,8-11H2,1H3,(H,17,21). The number of benzene rings is 1. The minimum absolute atomic E-state index is 0.179. The third kappa shape index (κ3) is 3.92. The number of hydrogen-bond acceptors (Lipinski definition) is 4. The van der Waals surface area contributed by atoms with Crippen molar-refractivity contribution in [2.24, 2.45) is 0 Å². The van der Waals surface area contributed by atoms with Crippen LogP contribution in [0.15, 0.2) is 24.3 Å². The molecule has 1 aromatic carbocycles. The highest BCUT2D eigenvalue weighted by atomic mass is 16.5. The number of carbonyl (C=O) groups excluding carboxylic acids is 3. The first kappa shape index (κ1) is 16.2. The van der Waals surface area contributed by atoms with Crippen molar-refractivity contribution < 1.29 is 19.1 Å². The molecule has 6 nitrogen and oxygen atoms in total. The van der Waals surface area contributed by atoms with E-state index in [2.05, 4.69) is 5.32 Å². The Hall–Kier alpha value is -2.21. The Bertz CT molecular complexity index is 538. The van der Waals surface area contributed by atoms with Gasteiger partial charge in [0.25, 0.3) is 5.91 Å². The third-order valence-corrected chi connectivity index (χ3v) is 3.39. The van der Waals surface area contributed by atoms with E-state index >= 15 is 0 Å². The smallest absolute Gasteiger partial charge is 0.251 e. The number of amides is 3. The van der Waals surface area contributed by atoms with Crippen LogP contribution in [0.3, 0.4) is 0 Å². The molecule has 1 aliphatic rings. The molecule has 0 atom stereocenters. The zero-order chi connectivity index (χ0) is 15.9. The molecule has 118 valence electrons. The second-order valence-electron chi connectivity index (χ2n) is 4.98. The third-order valence-electron chi connectivity index (χ3n) is 3.39. The summed E-state index contributed by atoms with van der Waals surface area (Å²) >= 11 is 0. The van der Waals surface area contributed by atoms with Gasteiger partial charge in [0.2, 0.25) is 11.8 Å². The molecular weight excluding hydrogens is 284 g/mol. The SMILES string of the molecule is CCOCCCNC(=O)c1ccc(N2C(=O)CCC2=O)cc1. The summed E-state index contributed by atoms with van der Waals surface area (Å²) in [6.07, 6.45) is 1.26. The number of hydrogen-bond donors (Lipinski definition) is 1. The first-order valence-electron chi connectivity index (χ1n) is 7.45. The number of nitrogens with one attached hydrogen (secondary N) is 1. The highest BCUT2D eigenvalue weighted by Gasteiger charge is 2.30. The first-order chi connectivity index (χ1) is 10.6. The normalized spacial score (nSPS) is 14.5. The van der Waals surface area contributed by atoms with Gasteiger partial charge in [0.15, 0.2) is 0 Å². The van der Waals surface area contributed by atoms with Gasteiger partial charge < -0.3 is 10.1 Å². The van der Waals surface area contributed by atoms with Crippen LogP contribution in [0.4, 0.5) is 5.69 Å². The Labute approximate surface area is 129 Å². The van der Waals surface area contributed by atoms with E-state index in [-0.39, 0.29) is 30.6 Å². The van der Waals surface area contributed by atoms with Crippen LogP contribution in [0.25, 0.3) is 0 Å². The summed E-state index contributed by atoms with van der Waals surface area (Å²) in [5, 5.41) is 2.80. The van der Waals surface area contributed by atoms with Crippen molar-refractivity contribution in [3.8, 4) is 0 Å². The molecule has 2 rings (SSSR count). The summed E-state index contributed by atoms with van der Waals surface area (Å²) < 4.78 is 5.19. The summed E-state index contributed by atoms with van der Waals surface area (Å²) in [6.45, 7) is 3.76. The molecule has 1 N–H and O–H groups in total. The van der Waals surface area contributed by atoms with Crippen LogP contribution in [0.5, 0.6) is 0 Å². The lowest BCUT2D eigenvalue weighted by molar-refractivity contribution is -0.121. The van der Waals surface area contributed by atoms with Crippen molar-refractivity contribution in [1.29, 1.82) is 0 Å². The van der Waals surface area contributed by atoms with Crippen molar-refractivity contribution in [2.45, 2.75) is 26.2 Å². The highest BCUT2D eigenvalue weighted by Crippen LogP contribution is 2.22. The van der Waals surface area contributed by atoms with E-state index in [1.807, 2.05) is 6.92 Å². The summed E-state index contributed by atoms with van der Waals surface area (Å²) in [7, 11) is 0. The number of carbonyl (C=O) groups is 3. The van der Waals surface area contributed by atoms with Crippen molar-refractivity contribution in [1.82, 2.24) is 5.32 Å². The maximum absolute atomic E-state index is 11.9. The molecule has 0 spiro atoms. The van der Waals surface area contributed by atoms with Crippen LogP contribution in [0.1, 0.15) is 36.5 Å². The van der Waals surface area contributed by atoms with Gasteiger partial charge in [0, 0.05) is 38.2 Å². The number of imide groups is 1. The van der Waals surface area contributed by atoms with Gasteiger partial charge in [-0.3, -0.25) is 19.3 Å². The summed E-state index contributed by atoms with van der Waals surface area (Å²) in [4.78, 5) is 36.4. The molecule has 6 heteroatoms. The summed E-state index contributed by atoms with van der Waals surface area (Å²) in [5.74, 6) is -0.571. The fourth-order valence-corrected chi connectivity index (χ4v) is 2.25. The molecule has 1 aromatic rings. The number of anilines is 1. The predicted molar refractivity (Wildman–Crippen MR) is 81.6 cm³/mol. The number of ether oxygens (including phenoxy) is 1. The summed E-state index contributed by atoms with van der Waals surface area (Å²) in [5.41, 5.74) is 1.01. The van der Waals surface area contributed by atoms with Crippen LogP contribution in [0, 0.1) is 0 Å². The van der Waals surface area contributed by atoms with Crippen LogP contribution in [0.2, 0.25) is 0 Å². The average molecular weight is 304 g/mol. The van der Waals surface area contributed by atoms with Crippen molar-refractivity contribution in [2.75, 3.05) is 24.7 Å². The van der Waals surface area contributed by atoms with Crippen molar-refractivity contribution >= 4 is 23.4 Å². The molecule has 0 bridgehead atoms. The van der Waals surface area contributed by atoms with Crippen LogP contribution >= 0.6 is 0 Å². The predicted octanol–water partition coefficient (Wildman–Crippen LogP) is 1.50. The fraction of sp³-hybridized carbons (Fsp3) is 0.438. The van der Waals surface area contributed by atoms with E-state index in [4.69, 9.17) is 4.74 Å². The monoisotopic (exact) mass is 304 g/mol. The lowest BCUT2D eigenvalue weighted by Crippen LogP contribution is -2.29. The van der Waals surface area contributed by atoms with Gasteiger partial charge in [-0.2, -0.15) is 0 Å². The second-order valence-corrected chi connectivity index (χ2v) is 4.98. The van der Waals surface area contributed by atoms with E-state index in [0.717, 1.165) is 6.42 Å². The average Bonchev–Trinajstić information content (AvgIpc) is 2.86. The lowest BCUT2D eigenvalue weighted by Gasteiger charge is -2.14. The zero-order valence-corrected chi connectivity index (χ0v) is 12.6. The minimum Gasteiger partial charge on any atom is -0.382 e. The summed E-state index contributed by atoms with van der Waals surface area (Å²) in [6, 6.07) is 6.48. The maximum atomic E-state index is 11.9. The fourth-order valence-electron chi connectivity index (χ4n) is 2.25. The van der Waals surface area contributed by atoms with E-state index < -0.39 is 0 Å². The Morgan fingerprint density at radius 3 is 2.41 bits per heavy atom. The zero-order valence-electron chi connectivity index (χ0n) is 12.6. The largest absolute Gasteiger partial charge is 0.382 e.